The lowest BCUT2D eigenvalue weighted by molar-refractivity contribution is 0.307. The van der Waals surface area contributed by atoms with Crippen molar-refractivity contribution in [3.8, 4) is 0 Å². The van der Waals surface area contributed by atoms with Gasteiger partial charge < -0.3 is 10.3 Å². The molecule has 1 atom stereocenters. The molecule has 1 heterocycles. The van der Waals surface area contributed by atoms with Crippen LogP contribution in [0.5, 0.6) is 0 Å². The average molecular weight is 206 g/mol. The minimum Gasteiger partial charge on any atom is -0.357 e. The van der Waals surface area contributed by atoms with Crippen LogP contribution in [0, 0.1) is 5.92 Å². The van der Waals surface area contributed by atoms with Crippen molar-refractivity contribution in [1.29, 1.82) is 0 Å². The maximum Gasteiger partial charge on any atom is 0.0106 e. The third kappa shape index (κ3) is 2.43. The maximum absolute atomic E-state index is 5.94. The molecule has 1 saturated carbocycles. The van der Waals surface area contributed by atoms with Gasteiger partial charge in [-0.15, -0.1) is 0 Å². The molecule has 1 fully saturated rings. The molecule has 2 nitrogen and oxygen atoms in total. The summed E-state index contributed by atoms with van der Waals surface area (Å²) in [5.41, 5.74) is 7.37. The summed E-state index contributed by atoms with van der Waals surface area (Å²) in [6, 6.07) is 2.23. The molecular formula is C13H22N2. The highest BCUT2D eigenvalue weighted by atomic mass is 14.9. The quantitative estimate of drug-likeness (QED) is 0.810. The lowest BCUT2D eigenvalue weighted by Gasteiger charge is -2.29. The van der Waals surface area contributed by atoms with Crippen molar-refractivity contribution in [2.24, 2.45) is 18.7 Å². The van der Waals surface area contributed by atoms with Gasteiger partial charge in [-0.25, -0.2) is 0 Å². The van der Waals surface area contributed by atoms with Gasteiger partial charge in [0, 0.05) is 25.4 Å². The second kappa shape index (κ2) is 4.84. The van der Waals surface area contributed by atoms with Crippen LogP contribution in [-0.2, 0) is 7.05 Å². The van der Waals surface area contributed by atoms with Crippen molar-refractivity contribution in [3.05, 3.63) is 24.0 Å². The zero-order valence-electron chi connectivity index (χ0n) is 9.65. The predicted octanol–water partition coefficient (Wildman–Crippen LogP) is 2.65. The number of aryl methyl sites for hydroxylation is 1. The van der Waals surface area contributed by atoms with Gasteiger partial charge in [-0.3, -0.25) is 0 Å². The Balaban J connectivity index is 2.08. The monoisotopic (exact) mass is 206 g/mol. The molecular weight excluding hydrogens is 184 g/mol. The lowest BCUT2D eigenvalue weighted by Crippen LogP contribution is -2.23. The molecule has 84 valence electrons. The van der Waals surface area contributed by atoms with Crippen molar-refractivity contribution in [2.45, 2.75) is 38.0 Å². The minimum absolute atomic E-state index is 0.589. The van der Waals surface area contributed by atoms with Crippen molar-refractivity contribution >= 4 is 0 Å². The van der Waals surface area contributed by atoms with Crippen LogP contribution in [0.15, 0.2) is 18.5 Å². The van der Waals surface area contributed by atoms with Gasteiger partial charge in [0.1, 0.15) is 0 Å². The van der Waals surface area contributed by atoms with Crippen LogP contribution in [0.25, 0.3) is 0 Å². The van der Waals surface area contributed by atoms with Crippen molar-refractivity contribution in [1.82, 2.24) is 4.57 Å². The van der Waals surface area contributed by atoms with Crippen LogP contribution in [0.3, 0.4) is 0 Å². The van der Waals surface area contributed by atoms with Gasteiger partial charge in [-0.05, 0) is 36.9 Å². The largest absolute Gasteiger partial charge is 0.357 e. The summed E-state index contributed by atoms with van der Waals surface area (Å²) in [5.74, 6) is 1.41. The highest BCUT2D eigenvalue weighted by Crippen LogP contribution is 2.35. The fourth-order valence-corrected chi connectivity index (χ4v) is 2.88. The Hall–Kier alpha value is -0.760. The molecule has 1 aromatic rings. The van der Waals surface area contributed by atoms with E-state index in [2.05, 4.69) is 30.1 Å². The van der Waals surface area contributed by atoms with Gasteiger partial charge in [0.25, 0.3) is 0 Å². The first-order valence-electron chi connectivity index (χ1n) is 6.13. The summed E-state index contributed by atoms with van der Waals surface area (Å²) in [4.78, 5) is 0. The van der Waals surface area contributed by atoms with E-state index in [1.165, 1.54) is 37.7 Å². The summed E-state index contributed by atoms with van der Waals surface area (Å²) in [7, 11) is 2.08. The number of nitrogens with zero attached hydrogens (tertiary/aromatic N) is 1. The fourth-order valence-electron chi connectivity index (χ4n) is 2.88. The molecule has 1 aliphatic rings. The zero-order valence-corrected chi connectivity index (χ0v) is 9.65. The molecule has 1 aliphatic carbocycles. The molecule has 0 spiro atoms. The van der Waals surface area contributed by atoms with Crippen molar-refractivity contribution < 1.29 is 0 Å². The predicted molar refractivity (Wildman–Crippen MR) is 63.8 cm³/mol. The lowest BCUT2D eigenvalue weighted by atomic mass is 9.77. The van der Waals surface area contributed by atoms with Crippen LogP contribution in [-0.4, -0.2) is 11.1 Å². The third-order valence-corrected chi connectivity index (χ3v) is 3.76. The Morgan fingerprint density at radius 1 is 1.40 bits per heavy atom. The molecule has 2 heteroatoms. The van der Waals surface area contributed by atoms with Crippen LogP contribution in [0.1, 0.15) is 43.6 Å². The van der Waals surface area contributed by atoms with E-state index in [4.69, 9.17) is 5.73 Å². The molecule has 2 N–H and O–H groups in total. The molecule has 0 bridgehead atoms. The van der Waals surface area contributed by atoms with E-state index in [0.29, 0.717) is 5.92 Å². The van der Waals surface area contributed by atoms with Crippen LogP contribution in [0.2, 0.25) is 0 Å². The molecule has 0 radical (unpaired) electrons. The average Bonchev–Trinajstić information content (AvgIpc) is 2.68. The molecule has 1 aromatic heterocycles. The van der Waals surface area contributed by atoms with Crippen LogP contribution < -0.4 is 5.73 Å². The first-order valence-corrected chi connectivity index (χ1v) is 6.13. The van der Waals surface area contributed by atoms with E-state index in [1.54, 1.807) is 0 Å². The van der Waals surface area contributed by atoms with Gasteiger partial charge in [-0.2, -0.15) is 0 Å². The Morgan fingerprint density at radius 2 is 2.13 bits per heavy atom. The van der Waals surface area contributed by atoms with E-state index in [1.807, 2.05) is 0 Å². The summed E-state index contributed by atoms with van der Waals surface area (Å²) in [5, 5.41) is 0. The Labute approximate surface area is 92.5 Å². The summed E-state index contributed by atoms with van der Waals surface area (Å²) < 4.78 is 2.13. The summed E-state index contributed by atoms with van der Waals surface area (Å²) >= 11 is 0. The third-order valence-electron chi connectivity index (χ3n) is 3.76. The zero-order chi connectivity index (χ0) is 10.7. The second-order valence-electron chi connectivity index (χ2n) is 4.85. The number of rotatable bonds is 3. The van der Waals surface area contributed by atoms with Gasteiger partial charge in [-0.1, -0.05) is 19.3 Å². The van der Waals surface area contributed by atoms with E-state index >= 15 is 0 Å². The topological polar surface area (TPSA) is 30.9 Å². The number of nitrogens with two attached hydrogens (primary N) is 1. The Kier molecular flexibility index (Phi) is 3.47. The molecule has 1 unspecified atom stereocenters. The maximum atomic E-state index is 5.94. The first-order chi connectivity index (χ1) is 7.31. The highest BCUT2D eigenvalue weighted by molar-refractivity contribution is 5.17. The van der Waals surface area contributed by atoms with E-state index in [-0.39, 0.29) is 0 Å². The molecule has 0 aliphatic heterocycles. The van der Waals surface area contributed by atoms with Crippen LogP contribution >= 0.6 is 0 Å². The Bertz CT molecular complexity index is 297. The number of hydrogen-bond acceptors (Lipinski definition) is 1. The van der Waals surface area contributed by atoms with Gasteiger partial charge in [0.2, 0.25) is 0 Å². The normalized spacial score (nSPS) is 20.4. The first kappa shape index (κ1) is 10.7. The fraction of sp³-hybridized carbons (Fsp3) is 0.692. The summed E-state index contributed by atoms with van der Waals surface area (Å²) in [6.07, 6.45) is 11.3. The minimum atomic E-state index is 0.589. The van der Waals surface area contributed by atoms with Crippen molar-refractivity contribution in [3.63, 3.8) is 0 Å². The molecule has 0 saturated heterocycles. The molecule has 2 rings (SSSR count). The van der Waals surface area contributed by atoms with E-state index in [0.717, 1.165) is 12.5 Å². The van der Waals surface area contributed by atoms with E-state index < -0.39 is 0 Å². The summed E-state index contributed by atoms with van der Waals surface area (Å²) in [6.45, 7) is 0.800. The standard InChI is InChI=1S/C13H22N2/c1-15-8-7-12(10-15)13(9-14)11-5-3-2-4-6-11/h7-8,10-11,13H,2-6,9,14H2,1H3. The molecule has 0 amide bonds. The molecule has 0 aromatic carbocycles. The number of hydrogen-bond donors (Lipinski definition) is 1. The SMILES string of the molecule is Cn1ccc(C(CN)C2CCCCC2)c1. The van der Waals surface area contributed by atoms with Crippen molar-refractivity contribution in [2.75, 3.05) is 6.54 Å². The van der Waals surface area contributed by atoms with Gasteiger partial charge >= 0.3 is 0 Å². The van der Waals surface area contributed by atoms with Gasteiger partial charge in [0.15, 0.2) is 0 Å². The Morgan fingerprint density at radius 3 is 2.67 bits per heavy atom. The molecule has 15 heavy (non-hydrogen) atoms. The van der Waals surface area contributed by atoms with E-state index in [9.17, 15) is 0 Å². The van der Waals surface area contributed by atoms with Crippen LogP contribution in [0.4, 0.5) is 0 Å². The number of aromatic nitrogens is 1. The van der Waals surface area contributed by atoms with Gasteiger partial charge in [0.05, 0.1) is 0 Å². The highest BCUT2D eigenvalue weighted by Gasteiger charge is 2.24. The second-order valence-corrected chi connectivity index (χ2v) is 4.85. The smallest absolute Gasteiger partial charge is 0.0106 e.